The Hall–Kier alpha value is -6.27. The maximum Gasteiger partial charge on any atom is 0.137 e. The fourth-order valence-electron chi connectivity index (χ4n) is 7.64. The number of pyridine rings is 1. The maximum absolute atomic E-state index is 6.69. The Morgan fingerprint density at radius 2 is 1.11 bits per heavy atom. The van der Waals surface area contributed by atoms with Crippen molar-refractivity contribution in [3.8, 4) is 23.0 Å². The molecule has 0 fully saturated rings. The highest BCUT2D eigenvalue weighted by molar-refractivity contribution is 6.20. The summed E-state index contributed by atoms with van der Waals surface area (Å²) in [6, 6.07) is 47.3. The van der Waals surface area contributed by atoms with Crippen LogP contribution < -0.4 is 14.5 Å². The summed E-state index contributed by atoms with van der Waals surface area (Å²) in [5.74, 6) is 2.43. The number of hydrogen-bond donors (Lipinski definition) is 0. The predicted molar refractivity (Wildman–Crippen MR) is 225 cm³/mol. The van der Waals surface area contributed by atoms with Crippen LogP contribution in [0.15, 0.2) is 152 Å². The minimum atomic E-state index is -0.0326. The number of rotatable bonds is 6. The molecule has 0 aliphatic carbocycles. The van der Waals surface area contributed by atoms with Crippen molar-refractivity contribution >= 4 is 44.2 Å². The van der Waals surface area contributed by atoms with Crippen LogP contribution in [0.1, 0.15) is 52.7 Å². The Balaban J connectivity index is 1.13. The average Bonchev–Trinajstić information content (AvgIpc) is 3.88. The van der Waals surface area contributed by atoms with Crippen molar-refractivity contribution in [2.24, 2.45) is 0 Å². The van der Waals surface area contributed by atoms with E-state index in [1.165, 1.54) is 22.2 Å². The lowest BCUT2D eigenvalue weighted by Crippen LogP contribution is -2.25. The molecule has 5 aromatic carbocycles. The molecule has 0 unspecified atom stereocenters. The number of ether oxygens (including phenoxy) is 1. The van der Waals surface area contributed by atoms with Gasteiger partial charge in [-0.15, -0.1) is 0 Å². The summed E-state index contributed by atoms with van der Waals surface area (Å²) in [6.45, 7) is 14.2. The van der Waals surface area contributed by atoms with E-state index in [1.54, 1.807) is 0 Å². The first-order valence-electron chi connectivity index (χ1n) is 18.7. The van der Waals surface area contributed by atoms with Crippen LogP contribution in [0.25, 0.3) is 44.3 Å². The van der Waals surface area contributed by atoms with Crippen molar-refractivity contribution in [2.45, 2.75) is 52.4 Å². The molecule has 0 bridgehead atoms. The molecule has 3 aromatic heterocycles. The summed E-state index contributed by atoms with van der Waals surface area (Å²) in [5.41, 5.74) is 10.5. The van der Waals surface area contributed by atoms with Crippen LogP contribution in [-0.4, -0.2) is 20.8 Å². The second-order valence-corrected chi connectivity index (χ2v) is 16.3. The van der Waals surface area contributed by atoms with E-state index in [1.807, 2.05) is 12.3 Å². The normalized spacial score (nSPS) is 13.5. The van der Waals surface area contributed by atoms with E-state index in [9.17, 15) is 0 Å². The molecule has 1 aliphatic rings. The number of nitrogens with zero attached hydrogens (tertiary/aromatic N) is 5. The van der Waals surface area contributed by atoms with E-state index >= 15 is 0 Å². The van der Waals surface area contributed by atoms with Crippen molar-refractivity contribution < 1.29 is 4.74 Å². The molecular weight excluding hydrogens is 663 g/mol. The molecule has 9 rings (SSSR count). The number of aromatic nitrogens is 3. The Labute approximate surface area is 317 Å². The van der Waals surface area contributed by atoms with Gasteiger partial charge < -0.3 is 19.1 Å². The molecule has 0 N–H and O–H groups in total. The highest BCUT2D eigenvalue weighted by atomic mass is 16.5. The van der Waals surface area contributed by atoms with Crippen LogP contribution in [0, 0.1) is 0 Å². The van der Waals surface area contributed by atoms with Crippen LogP contribution >= 0.6 is 0 Å². The summed E-state index contributed by atoms with van der Waals surface area (Å²) in [5, 5.41) is 2.30. The van der Waals surface area contributed by atoms with Crippen molar-refractivity contribution in [1.82, 2.24) is 14.1 Å². The Morgan fingerprint density at radius 3 is 1.87 bits per heavy atom. The molecule has 0 radical (unpaired) electrons. The van der Waals surface area contributed by atoms with E-state index in [0.29, 0.717) is 0 Å². The van der Waals surface area contributed by atoms with E-state index in [0.717, 1.165) is 62.8 Å². The van der Waals surface area contributed by atoms with Gasteiger partial charge in [0, 0.05) is 58.6 Å². The largest absolute Gasteiger partial charge is 0.457 e. The molecule has 1 aliphatic heterocycles. The SMILES string of the molecule is CC(C)(C)c1cccc(N2C=CN(c3cccc(Oc4ccc5c(c4)n(-c4cc(C(C)(C)C)ccn4)c4c6ccccc6n(-c6ccccc6)c54)c3)C2)c1. The zero-order valence-corrected chi connectivity index (χ0v) is 31.8. The molecule has 0 amide bonds. The first-order chi connectivity index (χ1) is 26.0. The topological polar surface area (TPSA) is 38.5 Å². The predicted octanol–water partition coefficient (Wildman–Crippen LogP) is 12.3. The molecule has 0 saturated carbocycles. The van der Waals surface area contributed by atoms with Crippen LogP contribution in [-0.2, 0) is 10.8 Å². The van der Waals surface area contributed by atoms with Gasteiger partial charge in [0.05, 0.1) is 28.7 Å². The van der Waals surface area contributed by atoms with Gasteiger partial charge in [0.25, 0.3) is 0 Å². The van der Waals surface area contributed by atoms with Crippen molar-refractivity contribution in [1.29, 1.82) is 0 Å². The van der Waals surface area contributed by atoms with Crippen LogP contribution in [0.4, 0.5) is 11.4 Å². The van der Waals surface area contributed by atoms with Crippen molar-refractivity contribution in [3.05, 3.63) is 163 Å². The second kappa shape index (κ2) is 12.7. The molecule has 8 aromatic rings. The van der Waals surface area contributed by atoms with Crippen LogP contribution in [0.5, 0.6) is 11.5 Å². The van der Waals surface area contributed by atoms with Crippen molar-refractivity contribution in [2.75, 3.05) is 16.5 Å². The lowest BCUT2D eigenvalue weighted by atomic mass is 9.87. The Bertz CT molecular complexity index is 2700. The van der Waals surface area contributed by atoms with Crippen molar-refractivity contribution in [3.63, 3.8) is 0 Å². The van der Waals surface area contributed by atoms with Gasteiger partial charge in [0.15, 0.2) is 0 Å². The van der Waals surface area contributed by atoms with Gasteiger partial charge in [-0.05, 0) is 88.7 Å². The first-order valence-corrected chi connectivity index (χ1v) is 18.7. The summed E-state index contributed by atoms with van der Waals surface area (Å²) in [7, 11) is 0. The Morgan fingerprint density at radius 1 is 0.500 bits per heavy atom. The highest BCUT2D eigenvalue weighted by Crippen LogP contribution is 2.42. The lowest BCUT2D eigenvalue weighted by molar-refractivity contribution is 0.483. The lowest BCUT2D eigenvalue weighted by Gasteiger charge is -2.24. The number of para-hydroxylation sites is 2. The number of anilines is 2. The van der Waals surface area contributed by atoms with Gasteiger partial charge in [-0.3, -0.25) is 4.57 Å². The zero-order chi connectivity index (χ0) is 37.2. The summed E-state index contributed by atoms with van der Waals surface area (Å²) in [6.07, 6.45) is 6.22. The Kier molecular flexibility index (Phi) is 7.89. The molecular formula is C48H45N5O. The first kappa shape index (κ1) is 33.6. The monoisotopic (exact) mass is 707 g/mol. The summed E-state index contributed by atoms with van der Waals surface area (Å²) < 4.78 is 11.4. The smallest absolute Gasteiger partial charge is 0.137 e. The molecule has 6 nitrogen and oxygen atoms in total. The molecule has 6 heteroatoms. The standard InChI is InChI=1S/C48H45N5O/c1-47(2,3)33-14-12-17-36(28-33)50-26-27-51(32-50)37-18-13-19-38(30-37)54-39-22-23-41-43(31-39)53(44-29-34(24-25-49-44)48(4,5)6)46-40-20-10-11-21-42(40)52(45(41)46)35-15-8-7-9-16-35/h7-31H,32H2,1-6H3. The van der Waals surface area contributed by atoms with Crippen LogP contribution in [0.2, 0.25) is 0 Å². The van der Waals surface area contributed by atoms with Gasteiger partial charge in [-0.2, -0.15) is 0 Å². The molecule has 54 heavy (non-hydrogen) atoms. The van der Waals surface area contributed by atoms with E-state index in [2.05, 4.69) is 200 Å². The molecule has 4 heterocycles. The van der Waals surface area contributed by atoms with E-state index in [4.69, 9.17) is 9.72 Å². The molecule has 268 valence electrons. The van der Waals surface area contributed by atoms with Gasteiger partial charge >= 0.3 is 0 Å². The third kappa shape index (κ3) is 5.88. The van der Waals surface area contributed by atoms with Crippen LogP contribution in [0.3, 0.4) is 0 Å². The van der Waals surface area contributed by atoms with Gasteiger partial charge in [-0.25, -0.2) is 4.98 Å². The molecule has 0 saturated heterocycles. The third-order valence-corrected chi connectivity index (χ3v) is 10.6. The number of hydrogen-bond acceptors (Lipinski definition) is 4. The van der Waals surface area contributed by atoms with Gasteiger partial charge in [0.2, 0.25) is 0 Å². The number of fused-ring (bicyclic) bond motifs is 5. The minimum Gasteiger partial charge on any atom is -0.457 e. The molecule has 0 spiro atoms. The minimum absolute atomic E-state index is 0.0326. The van der Waals surface area contributed by atoms with Gasteiger partial charge in [-0.1, -0.05) is 96.1 Å². The summed E-state index contributed by atoms with van der Waals surface area (Å²) in [4.78, 5) is 9.53. The summed E-state index contributed by atoms with van der Waals surface area (Å²) >= 11 is 0. The van der Waals surface area contributed by atoms with E-state index in [-0.39, 0.29) is 10.8 Å². The maximum atomic E-state index is 6.69. The quantitative estimate of drug-likeness (QED) is 0.172. The average molecular weight is 708 g/mol. The van der Waals surface area contributed by atoms with E-state index < -0.39 is 0 Å². The molecule has 0 atom stereocenters. The highest BCUT2D eigenvalue weighted by Gasteiger charge is 2.25. The fraction of sp³-hybridized carbons (Fsp3) is 0.188. The number of benzene rings is 5. The fourth-order valence-corrected chi connectivity index (χ4v) is 7.64. The third-order valence-electron chi connectivity index (χ3n) is 10.6. The zero-order valence-electron chi connectivity index (χ0n) is 31.8. The van der Waals surface area contributed by atoms with Gasteiger partial charge in [0.1, 0.15) is 17.3 Å². The second-order valence-electron chi connectivity index (χ2n) is 16.3.